The molecule has 1 aliphatic carbocycles. The van der Waals surface area contributed by atoms with Gasteiger partial charge in [-0.1, -0.05) is 78.9 Å². The van der Waals surface area contributed by atoms with Crippen LogP contribution < -0.4 is 5.32 Å². The number of hydrogen-bond acceptors (Lipinski definition) is 3. The predicted octanol–water partition coefficient (Wildman–Crippen LogP) is 4.86. The van der Waals surface area contributed by atoms with Crippen molar-refractivity contribution in [3.05, 3.63) is 95.6 Å². The van der Waals surface area contributed by atoms with Crippen molar-refractivity contribution >= 4 is 12.1 Å². The van der Waals surface area contributed by atoms with Gasteiger partial charge in [0.15, 0.2) is 0 Å². The lowest BCUT2D eigenvalue weighted by Gasteiger charge is -2.16. The average molecular weight is 415 g/mol. The van der Waals surface area contributed by atoms with Gasteiger partial charge in [0.2, 0.25) is 0 Å². The van der Waals surface area contributed by atoms with Gasteiger partial charge in [-0.25, -0.2) is 4.79 Å². The van der Waals surface area contributed by atoms with Crippen LogP contribution in [0.1, 0.15) is 29.0 Å². The Morgan fingerprint density at radius 1 is 0.871 bits per heavy atom. The molecule has 2 N–H and O–H groups in total. The fourth-order valence-corrected chi connectivity index (χ4v) is 4.21. The normalized spacial score (nSPS) is 13.2. The summed E-state index contributed by atoms with van der Waals surface area (Å²) in [6, 6.07) is 25.9. The predicted molar refractivity (Wildman–Crippen MR) is 119 cm³/mol. The van der Waals surface area contributed by atoms with Gasteiger partial charge in [0.25, 0.3) is 0 Å². The van der Waals surface area contributed by atoms with Crippen LogP contribution in [-0.2, 0) is 16.0 Å². The van der Waals surface area contributed by atoms with Crippen molar-refractivity contribution in [2.75, 3.05) is 13.2 Å². The highest BCUT2D eigenvalue weighted by Crippen LogP contribution is 2.44. The molecule has 5 nitrogen and oxygen atoms in total. The van der Waals surface area contributed by atoms with Crippen molar-refractivity contribution in [1.29, 1.82) is 0 Å². The second kappa shape index (κ2) is 9.47. The van der Waals surface area contributed by atoms with Gasteiger partial charge in [-0.15, -0.1) is 0 Å². The summed E-state index contributed by atoms with van der Waals surface area (Å²) in [6.07, 6.45) is 0.252. The number of carboxylic acid groups (broad SMARTS) is 1. The smallest absolute Gasteiger partial charge is 0.407 e. The minimum atomic E-state index is -0.863. The standard InChI is InChI=1S/C26H25NO4/c28-25(29)19(16-18-8-2-1-3-9-18)14-15-27-26(30)31-17-24-22-12-6-4-10-20(22)21-11-5-7-13-23(21)24/h1-13,19,24H,14-17H2,(H,27,30)(H,28,29). The molecule has 0 saturated carbocycles. The second-order valence-corrected chi connectivity index (χ2v) is 7.77. The molecule has 3 aromatic rings. The Bertz CT molecular complexity index is 1020. The number of amides is 1. The lowest BCUT2D eigenvalue weighted by atomic mass is 9.96. The quantitative estimate of drug-likeness (QED) is 0.551. The first-order valence-corrected chi connectivity index (χ1v) is 10.5. The molecule has 0 saturated heterocycles. The summed E-state index contributed by atoms with van der Waals surface area (Å²) in [5.74, 6) is -1.42. The number of carboxylic acids is 1. The minimum Gasteiger partial charge on any atom is -0.481 e. The summed E-state index contributed by atoms with van der Waals surface area (Å²) in [5.41, 5.74) is 5.64. The Morgan fingerprint density at radius 2 is 1.45 bits per heavy atom. The maximum Gasteiger partial charge on any atom is 0.407 e. The van der Waals surface area contributed by atoms with E-state index in [9.17, 15) is 14.7 Å². The number of nitrogens with one attached hydrogen (secondary N) is 1. The van der Waals surface area contributed by atoms with E-state index in [-0.39, 0.29) is 19.1 Å². The molecule has 5 heteroatoms. The minimum absolute atomic E-state index is 0.00278. The first-order chi connectivity index (χ1) is 15.1. The highest BCUT2D eigenvalue weighted by atomic mass is 16.5. The molecule has 158 valence electrons. The van der Waals surface area contributed by atoms with Crippen LogP contribution in [0.3, 0.4) is 0 Å². The molecule has 1 unspecified atom stereocenters. The first-order valence-electron chi connectivity index (χ1n) is 10.5. The molecule has 1 amide bonds. The van der Waals surface area contributed by atoms with Gasteiger partial charge in [-0.05, 0) is 40.7 Å². The molecule has 0 aromatic heterocycles. The summed E-state index contributed by atoms with van der Waals surface area (Å²) in [5, 5.41) is 12.2. The summed E-state index contributed by atoms with van der Waals surface area (Å²) in [7, 11) is 0. The summed E-state index contributed by atoms with van der Waals surface area (Å²) in [4.78, 5) is 23.8. The molecule has 31 heavy (non-hydrogen) atoms. The van der Waals surface area contributed by atoms with Gasteiger partial charge in [0.05, 0.1) is 5.92 Å². The van der Waals surface area contributed by atoms with Crippen molar-refractivity contribution in [3.8, 4) is 11.1 Å². The lowest BCUT2D eigenvalue weighted by Crippen LogP contribution is -2.30. The Labute approximate surface area is 181 Å². The third-order valence-electron chi connectivity index (χ3n) is 5.78. The number of carbonyl (C=O) groups excluding carboxylic acids is 1. The number of fused-ring (bicyclic) bond motifs is 3. The van der Waals surface area contributed by atoms with E-state index in [2.05, 4.69) is 29.6 Å². The topological polar surface area (TPSA) is 75.6 Å². The molecular weight excluding hydrogens is 390 g/mol. The summed E-state index contributed by atoms with van der Waals surface area (Å²) in [6.45, 7) is 0.493. The van der Waals surface area contributed by atoms with Crippen LogP contribution in [0, 0.1) is 5.92 Å². The third kappa shape index (κ3) is 4.77. The van der Waals surface area contributed by atoms with E-state index in [1.165, 1.54) is 11.1 Å². The Hall–Kier alpha value is -3.60. The van der Waals surface area contributed by atoms with Crippen LogP contribution >= 0.6 is 0 Å². The van der Waals surface area contributed by atoms with Crippen molar-refractivity contribution in [1.82, 2.24) is 5.32 Å². The number of alkyl carbamates (subject to hydrolysis) is 1. The van der Waals surface area contributed by atoms with Crippen molar-refractivity contribution < 1.29 is 19.4 Å². The molecule has 0 aliphatic heterocycles. The van der Waals surface area contributed by atoms with E-state index < -0.39 is 18.0 Å². The van der Waals surface area contributed by atoms with E-state index in [1.54, 1.807) is 0 Å². The van der Waals surface area contributed by atoms with E-state index in [4.69, 9.17) is 4.74 Å². The maximum absolute atomic E-state index is 12.3. The number of hydrogen-bond donors (Lipinski definition) is 2. The van der Waals surface area contributed by atoms with Crippen LogP contribution in [0.2, 0.25) is 0 Å². The second-order valence-electron chi connectivity index (χ2n) is 7.77. The molecule has 0 radical (unpaired) electrons. The molecule has 0 spiro atoms. The molecule has 0 fully saturated rings. The van der Waals surface area contributed by atoms with Gasteiger partial charge in [-0.2, -0.15) is 0 Å². The summed E-state index contributed by atoms with van der Waals surface area (Å²) < 4.78 is 5.50. The Kier molecular flexibility index (Phi) is 6.32. The maximum atomic E-state index is 12.3. The number of ether oxygens (including phenoxy) is 1. The fourth-order valence-electron chi connectivity index (χ4n) is 4.21. The van der Waals surface area contributed by atoms with Crippen LogP contribution in [0.5, 0.6) is 0 Å². The Morgan fingerprint density at radius 3 is 2.06 bits per heavy atom. The van der Waals surface area contributed by atoms with Gasteiger partial charge >= 0.3 is 12.1 Å². The number of benzene rings is 3. The number of aliphatic carboxylic acids is 1. The molecule has 4 rings (SSSR count). The first kappa shape index (κ1) is 20.7. The van der Waals surface area contributed by atoms with E-state index in [0.29, 0.717) is 12.8 Å². The van der Waals surface area contributed by atoms with E-state index >= 15 is 0 Å². The highest BCUT2D eigenvalue weighted by molar-refractivity contribution is 5.79. The van der Waals surface area contributed by atoms with Gasteiger partial charge in [0, 0.05) is 12.5 Å². The van der Waals surface area contributed by atoms with Gasteiger partial charge in [-0.3, -0.25) is 4.79 Å². The zero-order valence-corrected chi connectivity index (χ0v) is 17.2. The molecule has 3 aromatic carbocycles. The van der Waals surface area contributed by atoms with Crippen LogP contribution in [0.15, 0.2) is 78.9 Å². The van der Waals surface area contributed by atoms with E-state index in [1.807, 2.05) is 54.6 Å². The molecule has 1 aliphatic rings. The van der Waals surface area contributed by atoms with Crippen LogP contribution in [0.25, 0.3) is 11.1 Å². The molecule has 0 heterocycles. The zero-order chi connectivity index (χ0) is 21.6. The summed E-state index contributed by atoms with van der Waals surface area (Å²) >= 11 is 0. The monoisotopic (exact) mass is 415 g/mol. The van der Waals surface area contributed by atoms with Crippen LogP contribution in [0.4, 0.5) is 4.79 Å². The average Bonchev–Trinajstić information content (AvgIpc) is 3.11. The van der Waals surface area contributed by atoms with Gasteiger partial charge in [0.1, 0.15) is 6.61 Å². The Balaban J connectivity index is 1.30. The SMILES string of the molecule is O=C(NCCC(Cc1ccccc1)C(=O)O)OCC1c2ccccc2-c2ccccc21. The fraction of sp³-hybridized carbons (Fsp3) is 0.231. The lowest BCUT2D eigenvalue weighted by molar-refractivity contribution is -0.141. The largest absolute Gasteiger partial charge is 0.481 e. The number of rotatable bonds is 8. The van der Waals surface area contributed by atoms with Crippen molar-refractivity contribution in [2.45, 2.75) is 18.8 Å². The van der Waals surface area contributed by atoms with E-state index in [0.717, 1.165) is 16.7 Å². The molecular formula is C26H25NO4. The highest BCUT2D eigenvalue weighted by Gasteiger charge is 2.29. The van der Waals surface area contributed by atoms with Crippen LogP contribution in [-0.4, -0.2) is 30.3 Å². The molecule has 0 bridgehead atoms. The van der Waals surface area contributed by atoms with Gasteiger partial charge < -0.3 is 15.2 Å². The third-order valence-corrected chi connectivity index (χ3v) is 5.78. The zero-order valence-electron chi connectivity index (χ0n) is 17.2. The molecule has 1 atom stereocenters. The number of carbonyl (C=O) groups is 2. The van der Waals surface area contributed by atoms with Crippen molar-refractivity contribution in [2.24, 2.45) is 5.92 Å². The van der Waals surface area contributed by atoms with Crippen molar-refractivity contribution in [3.63, 3.8) is 0 Å².